The molecule has 0 saturated heterocycles. The van der Waals surface area contributed by atoms with Crippen LogP contribution in [0.5, 0.6) is 0 Å². The molecule has 0 aliphatic carbocycles. The number of nitro groups is 1. The predicted molar refractivity (Wildman–Crippen MR) is 64.4 cm³/mol. The molecule has 0 aliphatic heterocycles. The molecule has 1 rings (SSSR count). The van der Waals surface area contributed by atoms with Crippen LogP contribution in [0.1, 0.15) is 24.8 Å². The predicted octanol–water partition coefficient (Wildman–Crippen LogP) is 3.70. The third-order valence-electron chi connectivity index (χ3n) is 2.25. The lowest BCUT2D eigenvalue weighted by Crippen LogP contribution is -1.90. The molecule has 0 atom stereocenters. The van der Waals surface area contributed by atoms with Gasteiger partial charge >= 0.3 is 0 Å². The van der Waals surface area contributed by atoms with Crippen LogP contribution >= 0.6 is 15.9 Å². The molecule has 0 spiro atoms. The Morgan fingerprint density at radius 1 is 1.13 bits per heavy atom. The van der Waals surface area contributed by atoms with Crippen molar-refractivity contribution >= 4 is 21.6 Å². The first kappa shape index (κ1) is 12.2. The number of nitro benzene ring substituents is 1. The molecule has 0 aliphatic rings. The minimum Gasteiger partial charge on any atom is -0.258 e. The maximum atomic E-state index is 10.4. The molecule has 0 unspecified atom stereocenters. The van der Waals surface area contributed by atoms with E-state index in [4.69, 9.17) is 0 Å². The number of halogens is 1. The van der Waals surface area contributed by atoms with Crippen molar-refractivity contribution in [2.24, 2.45) is 0 Å². The SMILES string of the molecule is O=[N+]([O-])c1ccc(CCCCCBr)cc1. The van der Waals surface area contributed by atoms with Crippen molar-refractivity contribution < 1.29 is 4.92 Å². The maximum absolute atomic E-state index is 10.4. The van der Waals surface area contributed by atoms with Crippen LogP contribution in [0.4, 0.5) is 5.69 Å². The van der Waals surface area contributed by atoms with E-state index in [0.29, 0.717) is 0 Å². The number of alkyl halides is 1. The first-order valence-corrected chi connectivity index (χ1v) is 6.15. The number of rotatable bonds is 6. The van der Waals surface area contributed by atoms with Gasteiger partial charge < -0.3 is 0 Å². The van der Waals surface area contributed by atoms with Crippen molar-refractivity contribution in [2.75, 3.05) is 5.33 Å². The van der Waals surface area contributed by atoms with Crippen molar-refractivity contribution in [1.29, 1.82) is 0 Å². The highest BCUT2D eigenvalue weighted by Crippen LogP contribution is 2.14. The first-order chi connectivity index (χ1) is 7.24. The minimum atomic E-state index is -0.366. The Labute approximate surface area is 97.8 Å². The van der Waals surface area contributed by atoms with Crippen molar-refractivity contribution in [3.63, 3.8) is 0 Å². The van der Waals surface area contributed by atoms with Crippen molar-refractivity contribution in [3.05, 3.63) is 39.9 Å². The second kappa shape index (κ2) is 6.56. The highest BCUT2D eigenvalue weighted by atomic mass is 79.9. The molecule has 0 radical (unpaired) electrons. The molecule has 15 heavy (non-hydrogen) atoms. The van der Waals surface area contributed by atoms with E-state index in [0.717, 1.165) is 18.2 Å². The zero-order valence-electron chi connectivity index (χ0n) is 8.49. The minimum absolute atomic E-state index is 0.166. The van der Waals surface area contributed by atoms with E-state index in [1.165, 1.54) is 18.4 Å². The summed E-state index contributed by atoms with van der Waals surface area (Å²) in [5.41, 5.74) is 1.34. The number of non-ortho nitro benzene ring substituents is 1. The van der Waals surface area contributed by atoms with Gasteiger partial charge in [-0.3, -0.25) is 10.1 Å². The molecule has 82 valence electrons. The van der Waals surface area contributed by atoms with E-state index in [-0.39, 0.29) is 10.6 Å². The first-order valence-electron chi connectivity index (χ1n) is 5.03. The Bertz CT molecular complexity index is 311. The molecule has 0 fully saturated rings. The van der Waals surface area contributed by atoms with E-state index in [2.05, 4.69) is 15.9 Å². The fourth-order valence-corrected chi connectivity index (χ4v) is 1.78. The number of aryl methyl sites for hydroxylation is 1. The van der Waals surface area contributed by atoms with E-state index < -0.39 is 0 Å². The third kappa shape index (κ3) is 4.42. The average molecular weight is 272 g/mol. The summed E-state index contributed by atoms with van der Waals surface area (Å²) in [6.07, 6.45) is 4.53. The van der Waals surface area contributed by atoms with Gasteiger partial charge in [-0.25, -0.2) is 0 Å². The van der Waals surface area contributed by atoms with E-state index >= 15 is 0 Å². The molecule has 1 aromatic rings. The Balaban J connectivity index is 2.39. The lowest BCUT2D eigenvalue weighted by molar-refractivity contribution is -0.384. The van der Waals surface area contributed by atoms with Gasteiger partial charge in [0, 0.05) is 17.5 Å². The Morgan fingerprint density at radius 3 is 2.33 bits per heavy atom. The molecular formula is C11H14BrNO2. The number of benzene rings is 1. The third-order valence-corrected chi connectivity index (χ3v) is 2.81. The summed E-state index contributed by atoms with van der Waals surface area (Å²) in [6.45, 7) is 0. The summed E-state index contributed by atoms with van der Waals surface area (Å²) in [5, 5.41) is 11.5. The normalized spacial score (nSPS) is 10.2. The second-order valence-corrected chi connectivity index (χ2v) is 4.22. The van der Waals surface area contributed by atoms with Crippen LogP contribution in [0, 0.1) is 10.1 Å². The van der Waals surface area contributed by atoms with E-state index in [9.17, 15) is 10.1 Å². The number of hydrogen-bond donors (Lipinski definition) is 0. The summed E-state index contributed by atoms with van der Waals surface area (Å²) in [5.74, 6) is 0. The topological polar surface area (TPSA) is 43.1 Å². The Kier molecular flexibility index (Phi) is 5.32. The molecule has 4 heteroatoms. The molecule has 3 nitrogen and oxygen atoms in total. The van der Waals surface area contributed by atoms with Crippen LogP contribution in [-0.2, 0) is 6.42 Å². The molecular weight excluding hydrogens is 258 g/mol. The van der Waals surface area contributed by atoms with Gasteiger partial charge in [0.15, 0.2) is 0 Å². The summed E-state index contributed by atoms with van der Waals surface area (Å²) in [6, 6.07) is 6.82. The fraction of sp³-hybridized carbons (Fsp3) is 0.455. The van der Waals surface area contributed by atoms with Crippen molar-refractivity contribution in [3.8, 4) is 0 Å². The highest BCUT2D eigenvalue weighted by molar-refractivity contribution is 9.09. The van der Waals surface area contributed by atoms with Gasteiger partial charge in [0.2, 0.25) is 0 Å². The Morgan fingerprint density at radius 2 is 1.80 bits per heavy atom. The average Bonchev–Trinajstić information content (AvgIpc) is 2.25. The molecule has 0 saturated carbocycles. The van der Waals surface area contributed by atoms with Crippen LogP contribution < -0.4 is 0 Å². The van der Waals surface area contributed by atoms with Crippen molar-refractivity contribution in [2.45, 2.75) is 25.7 Å². The zero-order chi connectivity index (χ0) is 11.1. The smallest absolute Gasteiger partial charge is 0.258 e. The lowest BCUT2D eigenvalue weighted by Gasteiger charge is -2.00. The molecule has 1 aromatic carbocycles. The quantitative estimate of drug-likeness (QED) is 0.343. The second-order valence-electron chi connectivity index (χ2n) is 3.42. The van der Waals surface area contributed by atoms with Gasteiger partial charge in [-0.2, -0.15) is 0 Å². The van der Waals surface area contributed by atoms with Gasteiger partial charge in [-0.1, -0.05) is 34.5 Å². The summed E-state index contributed by atoms with van der Waals surface area (Å²) >= 11 is 3.39. The lowest BCUT2D eigenvalue weighted by atomic mass is 10.1. The fourth-order valence-electron chi connectivity index (χ4n) is 1.38. The zero-order valence-corrected chi connectivity index (χ0v) is 10.1. The molecule has 0 bridgehead atoms. The van der Waals surface area contributed by atoms with Gasteiger partial charge in [0.1, 0.15) is 0 Å². The van der Waals surface area contributed by atoms with Gasteiger partial charge in [-0.05, 0) is 24.8 Å². The summed E-state index contributed by atoms with van der Waals surface area (Å²) in [7, 11) is 0. The highest BCUT2D eigenvalue weighted by Gasteiger charge is 2.03. The van der Waals surface area contributed by atoms with Crippen LogP contribution in [0.3, 0.4) is 0 Å². The Hall–Kier alpha value is -0.900. The van der Waals surface area contributed by atoms with Crippen LogP contribution in [0.2, 0.25) is 0 Å². The van der Waals surface area contributed by atoms with E-state index in [1.54, 1.807) is 12.1 Å². The standard InChI is InChI=1S/C11H14BrNO2/c12-9-3-1-2-4-10-5-7-11(8-6-10)13(14)15/h5-8H,1-4,9H2. The summed E-state index contributed by atoms with van der Waals surface area (Å²) in [4.78, 5) is 10.0. The van der Waals surface area contributed by atoms with Crippen LogP contribution in [0.25, 0.3) is 0 Å². The van der Waals surface area contributed by atoms with Gasteiger partial charge in [-0.15, -0.1) is 0 Å². The monoisotopic (exact) mass is 271 g/mol. The maximum Gasteiger partial charge on any atom is 0.269 e. The molecule has 0 amide bonds. The van der Waals surface area contributed by atoms with Gasteiger partial charge in [0.05, 0.1) is 4.92 Å². The molecule has 0 heterocycles. The van der Waals surface area contributed by atoms with Crippen molar-refractivity contribution in [1.82, 2.24) is 0 Å². The van der Waals surface area contributed by atoms with Crippen LogP contribution in [0.15, 0.2) is 24.3 Å². The number of unbranched alkanes of at least 4 members (excludes halogenated alkanes) is 2. The van der Waals surface area contributed by atoms with Gasteiger partial charge in [0.25, 0.3) is 5.69 Å². The molecule has 0 aromatic heterocycles. The number of hydrogen-bond acceptors (Lipinski definition) is 2. The van der Waals surface area contributed by atoms with Crippen LogP contribution in [-0.4, -0.2) is 10.3 Å². The number of nitrogens with zero attached hydrogens (tertiary/aromatic N) is 1. The molecule has 0 N–H and O–H groups in total. The summed E-state index contributed by atoms with van der Waals surface area (Å²) < 4.78 is 0. The largest absolute Gasteiger partial charge is 0.269 e. The van der Waals surface area contributed by atoms with E-state index in [1.807, 2.05) is 12.1 Å².